The Hall–Kier alpha value is -1.56. The van der Waals surface area contributed by atoms with Gasteiger partial charge in [0.25, 0.3) is 5.91 Å². The van der Waals surface area contributed by atoms with Crippen molar-refractivity contribution in [2.45, 2.75) is 33.3 Å². The van der Waals surface area contributed by atoms with Gasteiger partial charge in [0.1, 0.15) is 5.75 Å². The molecule has 4 heteroatoms. The van der Waals surface area contributed by atoms with Crippen LogP contribution < -0.4 is 10.1 Å². The van der Waals surface area contributed by atoms with Crippen molar-refractivity contribution in [3.8, 4) is 5.75 Å². The van der Waals surface area contributed by atoms with E-state index in [9.17, 15) is 4.79 Å². The van der Waals surface area contributed by atoms with Crippen LogP contribution in [0.4, 0.5) is 5.69 Å². The van der Waals surface area contributed by atoms with E-state index in [4.69, 9.17) is 4.74 Å². The fourth-order valence-electron chi connectivity index (χ4n) is 2.15. The van der Waals surface area contributed by atoms with Gasteiger partial charge in [0, 0.05) is 14.8 Å². The van der Waals surface area contributed by atoms with Crippen LogP contribution in [-0.4, -0.2) is 12.0 Å². The molecule has 2 aromatic rings. The third-order valence-electron chi connectivity index (χ3n) is 3.16. The third kappa shape index (κ3) is 4.47. The van der Waals surface area contributed by atoms with Gasteiger partial charge in [-0.1, -0.05) is 13.0 Å². The molecule has 0 saturated heterocycles. The Kier molecular flexibility index (Phi) is 5.83. The summed E-state index contributed by atoms with van der Waals surface area (Å²) in [5, 5.41) is 2.99. The molecule has 3 nitrogen and oxygen atoms in total. The van der Waals surface area contributed by atoms with E-state index >= 15 is 0 Å². The number of hydrogen-bond acceptors (Lipinski definition) is 2. The van der Waals surface area contributed by atoms with E-state index in [1.807, 2.05) is 38.1 Å². The molecular weight excluding hydrogens is 389 g/mol. The fraction of sp³-hybridized carbons (Fsp3) is 0.278. The number of anilines is 1. The van der Waals surface area contributed by atoms with Gasteiger partial charge >= 0.3 is 0 Å². The lowest BCUT2D eigenvalue weighted by Crippen LogP contribution is -2.14. The van der Waals surface area contributed by atoms with Crippen LogP contribution in [0.1, 0.15) is 36.7 Å². The van der Waals surface area contributed by atoms with E-state index in [0.29, 0.717) is 11.3 Å². The second kappa shape index (κ2) is 7.63. The molecule has 2 aromatic carbocycles. The lowest BCUT2D eigenvalue weighted by atomic mass is 10.1. The molecule has 0 aliphatic carbocycles. The zero-order valence-corrected chi connectivity index (χ0v) is 15.2. The summed E-state index contributed by atoms with van der Waals surface area (Å²) in [6.45, 7) is 6.01. The molecule has 0 saturated carbocycles. The maximum atomic E-state index is 12.4. The first kappa shape index (κ1) is 16.8. The summed E-state index contributed by atoms with van der Waals surface area (Å²) < 4.78 is 6.80. The highest BCUT2D eigenvalue weighted by molar-refractivity contribution is 14.1. The van der Waals surface area contributed by atoms with Gasteiger partial charge in [-0.05, 0) is 84.8 Å². The molecule has 0 bridgehead atoms. The molecule has 116 valence electrons. The Morgan fingerprint density at radius 1 is 1.23 bits per heavy atom. The van der Waals surface area contributed by atoms with Crippen LogP contribution >= 0.6 is 22.6 Å². The number of benzene rings is 2. The second-order valence-electron chi connectivity index (χ2n) is 5.30. The molecule has 0 heterocycles. The molecule has 0 fully saturated rings. The summed E-state index contributed by atoms with van der Waals surface area (Å²) in [6.07, 6.45) is 0.962. The minimum atomic E-state index is -0.120. The van der Waals surface area contributed by atoms with Gasteiger partial charge in [0.15, 0.2) is 0 Å². The number of carbonyl (C=O) groups is 1. The van der Waals surface area contributed by atoms with Crippen LogP contribution in [0.2, 0.25) is 0 Å². The van der Waals surface area contributed by atoms with E-state index in [1.54, 1.807) is 12.1 Å². The number of amides is 1. The van der Waals surface area contributed by atoms with Gasteiger partial charge in [0.05, 0.1) is 6.10 Å². The molecule has 0 spiro atoms. The lowest BCUT2D eigenvalue weighted by Gasteiger charge is -2.12. The monoisotopic (exact) mass is 409 g/mol. The van der Waals surface area contributed by atoms with Crippen molar-refractivity contribution >= 4 is 34.2 Å². The molecule has 0 unspecified atom stereocenters. The van der Waals surface area contributed by atoms with Gasteiger partial charge in [-0.15, -0.1) is 0 Å². The molecule has 2 rings (SSSR count). The number of aryl methyl sites for hydroxylation is 1. The predicted octanol–water partition coefficient (Wildman–Crippen LogP) is 4.89. The Labute approximate surface area is 145 Å². The van der Waals surface area contributed by atoms with Crippen molar-refractivity contribution in [3.05, 3.63) is 57.2 Å². The summed E-state index contributed by atoms with van der Waals surface area (Å²) in [4.78, 5) is 12.4. The highest BCUT2D eigenvalue weighted by Crippen LogP contribution is 2.21. The number of carbonyl (C=O) groups excluding carboxylic acids is 1. The average Bonchev–Trinajstić information content (AvgIpc) is 2.48. The Bertz CT molecular complexity index is 668. The van der Waals surface area contributed by atoms with Crippen LogP contribution in [0.15, 0.2) is 42.5 Å². The topological polar surface area (TPSA) is 38.3 Å². The zero-order valence-electron chi connectivity index (χ0n) is 13.0. The maximum absolute atomic E-state index is 12.4. The lowest BCUT2D eigenvalue weighted by molar-refractivity contribution is 0.102. The van der Waals surface area contributed by atoms with Crippen molar-refractivity contribution in [2.24, 2.45) is 0 Å². The normalized spacial score (nSPS) is 10.6. The summed E-state index contributed by atoms with van der Waals surface area (Å²) in [5.74, 6) is 0.589. The fourth-order valence-corrected chi connectivity index (χ4v) is 2.71. The van der Waals surface area contributed by atoms with Crippen LogP contribution in [0, 0.1) is 3.57 Å². The van der Waals surface area contributed by atoms with Crippen molar-refractivity contribution in [1.29, 1.82) is 0 Å². The maximum Gasteiger partial charge on any atom is 0.255 e. The predicted molar refractivity (Wildman–Crippen MR) is 98.7 cm³/mol. The summed E-state index contributed by atoms with van der Waals surface area (Å²) in [5.41, 5.74) is 2.59. The molecule has 0 aliphatic rings. The minimum absolute atomic E-state index is 0.0844. The molecule has 0 aliphatic heterocycles. The molecule has 0 atom stereocenters. The molecule has 0 aromatic heterocycles. The molecular formula is C18H20INO2. The van der Waals surface area contributed by atoms with E-state index in [2.05, 4.69) is 40.9 Å². The SMILES string of the molecule is CCc1cc(I)ccc1NC(=O)c1cccc(OC(C)C)c1. The number of ether oxygens (including phenoxy) is 1. The van der Waals surface area contributed by atoms with Crippen molar-refractivity contribution in [1.82, 2.24) is 0 Å². The molecule has 1 N–H and O–H groups in total. The van der Waals surface area contributed by atoms with E-state index in [0.717, 1.165) is 17.7 Å². The van der Waals surface area contributed by atoms with E-state index < -0.39 is 0 Å². The Balaban J connectivity index is 2.19. The summed E-state index contributed by atoms with van der Waals surface area (Å²) in [6, 6.07) is 13.3. The van der Waals surface area contributed by atoms with Crippen LogP contribution in [0.25, 0.3) is 0 Å². The number of hydrogen-bond donors (Lipinski definition) is 1. The van der Waals surface area contributed by atoms with Crippen molar-refractivity contribution in [3.63, 3.8) is 0 Å². The van der Waals surface area contributed by atoms with Crippen molar-refractivity contribution < 1.29 is 9.53 Å². The zero-order chi connectivity index (χ0) is 16.1. The third-order valence-corrected chi connectivity index (χ3v) is 3.84. The molecule has 0 radical (unpaired) electrons. The summed E-state index contributed by atoms with van der Waals surface area (Å²) >= 11 is 2.28. The van der Waals surface area contributed by atoms with Gasteiger partial charge < -0.3 is 10.1 Å². The van der Waals surface area contributed by atoms with Crippen LogP contribution in [-0.2, 0) is 6.42 Å². The van der Waals surface area contributed by atoms with Crippen LogP contribution in [0.3, 0.4) is 0 Å². The van der Waals surface area contributed by atoms with E-state index in [1.165, 1.54) is 3.57 Å². The van der Waals surface area contributed by atoms with Gasteiger partial charge in [0.2, 0.25) is 0 Å². The Morgan fingerprint density at radius 3 is 2.68 bits per heavy atom. The standard InChI is InChI=1S/C18H20INO2/c1-4-13-10-15(19)8-9-17(13)20-18(21)14-6-5-7-16(11-14)22-12(2)3/h5-12H,4H2,1-3H3,(H,20,21). The largest absolute Gasteiger partial charge is 0.491 e. The highest BCUT2D eigenvalue weighted by atomic mass is 127. The van der Waals surface area contributed by atoms with Crippen molar-refractivity contribution in [2.75, 3.05) is 5.32 Å². The average molecular weight is 409 g/mol. The number of rotatable bonds is 5. The first-order chi connectivity index (χ1) is 10.5. The summed E-state index contributed by atoms with van der Waals surface area (Å²) in [7, 11) is 0. The van der Waals surface area contributed by atoms with Gasteiger partial charge in [-0.3, -0.25) is 4.79 Å². The smallest absolute Gasteiger partial charge is 0.255 e. The molecule has 1 amide bonds. The minimum Gasteiger partial charge on any atom is -0.491 e. The first-order valence-corrected chi connectivity index (χ1v) is 8.44. The van der Waals surface area contributed by atoms with Gasteiger partial charge in [-0.2, -0.15) is 0 Å². The number of nitrogens with one attached hydrogen (secondary N) is 1. The van der Waals surface area contributed by atoms with Gasteiger partial charge in [-0.25, -0.2) is 0 Å². The second-order valence-corrected chi connectivity index (χ2v) is 6.55. The number of halogens is 1. The Morgan fingerprint density at radius 2 is 2.00 bits per heavy atom. The molecule has 22 heavy (non-hydrogen) atoms. The quantitative estimate of drug-likeness (QED) is 0.714. The highest BCUT2D eigenvalue weighted by Gasteiger charge is 2.10. The van der Waals surface area contributed by atoms with Crippen LogP contribution in [0.5, 0.6) is 5.75 Å². The first-order valence-electron chi connectivity index (χ1n) is 7.36. The van der Waals surface area contributed by atoms with E-state index in [-0.39, 0.29) is 12.0 Å².